The van der Waals surface area contributed by atoms with Crippen molar-refractivity contribution in [1.82, 2.24) is 0 Å². The molecule has 0 aromatic carbocycles. The van der Waals surface area contributed by atoms with E-state index in [9.17, 15) is 106 Å². The molecule has 2 nitrogen and oxygen atoms in total. The largest absolute Gasteiger partial charge is 0.481 e. The highest BCUT2D eigenvalue weighted by molar-refractivity contribution is 5.67. The molecule has 0 bridgehead atoms. The summed E-state index contributed by atoms with van der Waals surface area (Å²) in [6, 6.07) is 0. The van der Waals surface area contributed by atoms with Gasteiger partial charge in [-0.15, -0.1) is 0 Å². The molecule has 0 spiro atoms. The van der Waals surface area contributed by atoms with Crippen LogP contribution in [0.25, 0.3) is 0 Å². The summed E-state index contributed by atoms with van der Waals surface area (Å²) in [7, 11) is 0. The number of hydrogen-bond acceptors (Lipinski definition) is 1. The molecule has 0 heterocycles. The Morgan fingerprint density at radius 2 is 0.680 bits per heavy atom. The Balaban J connectivity index is 6.79. The Labute approximate surface area is 266 Å². The number of unbranched alkanes of at least 4 members (excludes halogenated alkanes) is 5. The van der Waals surface area contributed by atoms with Crippen LogP contribution in [0.15, 0.2) is 0 Å². The third-order valence-corrected chi connectivity index (χ3v) is 7.45. The van der Waals surface area contributed by atoms with Crippen LogP contribution in [0.1, 0.15) is 71.6 Å². The van der Waals surface area contributed by atoms with Crippen LogP contribution in [-0.4, -0.2) is 76.5 Å². The van der Waals surface area contributed by atoms with Crippen molar-refractivity contribution in [3.63, 3.8) is 0 Å². The lowest BCUT2D eigenvalue weighted by Gasteiger charge is -2.45. The second-order valence-electron chi connectivity index (χ2n) is 11.7. The van der Waals surface area contributed by atoms with E-state index in [0.717, 1.165) is 6.42 Å². The lowest BCUT2D eigenvalue weighted by molar-refractivity contribution is -0.479. The van der Waals surface area contributed by atoms with E-state index in [1.54, 1.807) is 0 Å². The zero-order valence-corrected chi connectivity index (χ0v) is 25.1. The molecule has 0 radical (unpaired) electrons. The Bertz CT molecular complexity index is 1130. The van der Waals surface area contributed by atoms with Gasteiger partial charge < -0.3 is 5.11 Å². The Morgan fingerprint density at radius 3 is 0.960 bits per heavy atom. The summed E-state index contributed by atoms with van der Waals surface area (Å²) in [6.45, 7) is 3.71. The predicted molar refractivity (Wildman–Crippen MR) is 123 cm³/mol. The maximum absolute atomic E-state index is 14.7. The minimum atomic E-state index is -9.47. The van der Waals surface area contributed by atoms with Crippen molar-refractivity contribution in [2.45, 2.75) is 137 Å². The van der Waals surface area contributed by atoms with Crippen molar-refractivity contribution < 1.29 is 111 Å². The van der Waals surface area contributed by atoms with Crippen molar-refractivity contribution in [2.75, 3.05) is 0 Å². The first kappa shape index (κ1) is 47.9. The first-order chi connectivity index (χ1) is 21.7. The van der Waals surface area contributed by atoms with Gasteiger partial charge in [-0.25, -0.2) is 0 Å². The molecule has 0 aliphatic heterocycles. The molecule has 0 saturated heterocycles. The van der Waals surface area contributed by atoms with Crippen LogP contribution in [0, 0.1) is 11.8 Å². The fourth-order valence-corrected chi connectivity index (χ4v) is 4.30. The fraction of sp³-hybridized carbons (Fsp3) is 0.960. The van der Waals surface area contributed by atoms with Crippen molar-refractivity contribution in [3.05, 3.63) is 0 Å². The van der Waals surface area contributed by atoms with E-state index in [4.69, 9.17) is 5.11 Å². The predicted octanol–water partition coefficient (Wildman–Crippen LogP) is 11.8. The first-order valence-electron chi connectivity index (χ1n) is 13.8. The number of carboxylic acid groups (broad SMARTS) is 1. The molecule has 1 unspecified atom stereocenters. The Kier molecular flexibility index (Phi) is 14.1. The summed E-state index contributed by atoms with van der Waals surface area (Å²) in [4.78, 5) is 10.9. The summed E-state index contributed by atoms with van der Waals surface area (Å²) < 4.78 is 315. The second-order valence-corrected chi connectivity index (χ2v) is 11.7. The third kappa shape index (κ3) is 7.79. The van der Waals surface area contributed by atoms with E-state index in [-0.39, 0.29) is 18.8 Å². The van der Waals surface area contributed by atoms with Gasteiger partial charge in [0.25, 0.3) is 0 Å². The van der Waals surface area contributed by atoms with E-state index >= 15 is 0 Å². The number of halogens is 23. The highest BCUT2D eigenvalue weighted by Crippen LogP contribution is 2.67. The molecule has 1 N–H and O–H groups in total. The van der Waals surface area contributed by atoms with E-state index < -0.39 is 96.6 Å². The van der Waals surface area contributed by atoms with Crippen LogP contribution in [0.5, 0.6) is 0 Å². The maximum atomic E-state index is 14.7. The van der Waals surface area contributed by atoms with Crippen molar-refractivity contribution in [1.29, 1.82) is 0 Å². The summed E-state index contributed by atoms with van der Waals surface area (Å²) in [5.41, 5.74) is 0. The van der Waals surface area contributed by atoms with Gasteiger partial charge >= 0.3 is 71.4 Å². The van der Waals surface area contributed by atoms with Gasteiger partial charge in [0.05, 0.1) is 6.42 Å². The topological polar surface area (TPSA) is 37.3 Å². The molecule has 0 aromatic rings. The quantitative estimate of drug-likeness (QED) is 0.0928. The molecule has 0 saturated carbocycles. The van der Waals surface area contributed by atoms with Gasteiger partial charge in [-0.2, -0.15) is 101 Å². The molecule has 0 aromatic heterocycles. The SMILES string of the molecule is CC(C)CCCCCCCCC(CC(=O)O)C(F)(F)C(F)(F)C(F)(F)C(F)(F)C(F)(F)C(F)(F)C(F)(F)C(F)(F)C(F)(F)C(F)(F)C(F)(F)F. The van der Waals surface area contributed by atoms with Crippen molar-refractivity contribution in [3.8, 4) is 0 Å². The third-order valence-electron chi connectivity index (χ3n) is 7.45. The molecule has 0 amide bonds. The standard InChI is InChI=1S/C25H27F23O2/c1-12(2)9-7-5-3-4-6-8-10-13(11-14(49)50)15(26,27)16(28,29)17(30,31)18(32,33)19(34,35)20(36,37)21(38,39)22(40,41)23(42,43)24(44,45)25(46,47)48/h12-13H,3-11H2,1-2H3,(H,49,50). The van der Waals surface area contributed by atoms with E-state index in [1.165, 1.54) is 0 Å². The number of rotatable bonds is 21. The van der Waals surface area contributed by atoms with Crippen LogP contribution in [0.3, 0.4) is 0 Å². The lowest BCUT2D eigenvalue weighted by atomic mass is 9.81. The van der Waals surface area contributed by atoms with Gasteiger partial charge in [-0.05, 0) is 12.3 Å². The Hall–Kier alpha value is -2.14. The van der Waals surface area contributed by atoms with E-state index in [2.05, 4.69) is 0 Å². The number of carboxylic acids is 1. The lowest BCUT2D eigenvalue weighted by Crippen LogP contribution is -2.77. The number of aliphatic carboxylic acids is 1. The average molecular weight is 796 g/mol. The monoisotopic (exact) mass is 796 g/mol. The van der Waals surface area contributed by atoms with Crippen LogP contribution in [0.2, 0.25) is 0 Å². The number of hydrogen-bond donors (Lipinski definition) is 1. The van der Waals surface area contributed by atoms with E-state index in [1.807, 2.05) is 13.8 Å². The average Bonchev–Trinajstić information content (AvgIpc) is 2.91. The highest BCUT2D eigenvalue weighted by atomic mass is 19.4. The van der Waals surface area contributed by atoms with Crippen LogP contribution in [0.4, 0.5) is 101 Å². The summed E-state index contributed by atoms with van der Waals surface area (Å²) >= 11 is 0. The van der Waals surface area contributed by atoms with Gasteiger partial charge in [-0.1, -0.05) is 58.8 Å². The van der Waals surface area contributed by atoms with E-state index in [0.29, 0.717) is 19.3 Å². The Morgan fingerprint density at radius 1 is 0.420 bits per heavy atom. The molecule has 0 rings (SSSR count). The molecular weight excluding hydrogens is 769 g/mol. The van der Waals surface area contributed by atoms with Crippen LogP contribution < -0.4 is 0 Å². The minimum Gasteiger partial charge on any atom is -0.481 e. The molecule has 300 valence electrons. The van der Waals surface area contributed by atoms with Gasteiger partial charge in [0.2, 0.25) is 0 Å². The number of alkyl halides is 23. The molecule has 25 heteroatoms. The van der Waals surface area contributed by atoms with Gasteiger partial charge in [0, 0.05) is 5.92 Å². The first-order valence-corrected chi connectivity index (χ1v) is 13.8. The zero-order chi connectivity index (χ0) is 40.6. The highest BCUT2D eigenvalue weighted by Gasteiger charge is 2.98. The van der Waals surface area contributed by atoms with Gasteiger partial charge in [0.1, 0.15) is 0 Å². The van der Waals surface area contributed by atoms with Gasteiger partial charge in [-0.3, -0.25) is 4.79 Å². The van der Waals surface area contributed by atoms with Crippen molar-refractivity contribution in [2.24, 2.45) is 11.8 Å². The zero-order valence-electron chi connectivity index (χ0n) is 25.1. The van der Waals surface area contributed by atoms with Crippen LogP contribution in [-0.2, 0) is 4.79 Å². The van der Waals surface area contributed by atoms with Gasteiger partial charge in [0.15, 0.2) is 0 Å². The van der Waals surface area contributed by atoms with Crippen molar-refractivity contribution >= 4 is 5.97 Å². The molecule has 0 fully saturated rings. The molecule has 0 aliphatic rings. The number of carbonyl (C=O) groups is 1. The molecule has 0 aliphatic carbocycles. The second kappa shape index (κ2) is 14.7. The molecule has 1 atom stereocenters. The summed E-state index contributed by atoms with van der Waals surface area (Å²) in [6.07, 6.45) is -10.9. The maximum Gasteiger partial charge on any atom is 0.460 e. The van der Waals surface area contributed by atoms with Crippen LogP contribution >= 0.6 is 0 Å². The normalized spacial score (nSPS) is 16.3. The fourth-order valence-electron chi connectivity index (χ4n) is 4.30. The molecule has 50 heavy (non-hydrogen) atoms. The smallest absolute Gasteiger partial charge is 0.460 e. The molecular formula is C25H27F23O2. The minimum absolute atomic E-state index is 0.0855. The summed E-state index contributed by atoms with van der Waals surface area (Å²) in [5, 5.41) is 8.72. The summed E-state index contributed by atoms with van der Waals surface area (Å²) in [5.74, 6) is -94.6.